The molecule has 0 unspecified atom stereocenters. The predicted octanol–water partition coefficient (Wildman–Crippen LogP) is 3.05. The average Bonchev–Trinajstić information content (AvgIpc) is 2.72. The normalized spacial score (nSPS) is 11.0. The van der Waals surface area contributed by atoms with Gasteiger partial charge in [-0.2, -0.15) is 5.10 Å². The Balaban J connectivity index is 2.57. The lowest BCUT2D eigenvalue weighted by atomic mass is 10.2. The van der Waals surface area contributed by atoms with Gasteiger partial charge in [0, 0.05) is 5.92 Å². The average molecular weight is 280 g/mol. The molecule has 0 fully saturated rings. The fourth-order valence-corrected chi connectivity index (χ4v) is 1.89. The van der Waals surface area contributed by atoms with Crippen LogP contribution in [0.5, 0.6) is 0 Å². The monoisotopic (exact) mass is 279 g/mol. The van der Waals surface area contributed by atoms with Gasteiger partial charge in [-0.25, -0.2) is 14.5 Å². The highest BCUT2D eigenvalue weighted by atomic mass is 35.5. The first-order valence-electron chi connectivity index (χ1n) is 5.87. The summed E-state index contributed by atoms with van der Waals surface area (Å²) in [5.74, 6) is 0.573. The number of aromatic nitrogens is 3. The number of nitrogens with zero attached hydrogens (tertiary/aromatic N) is 3. The smallest absolute Gasteiger partial charge is 0.335 e. The van der Waals surface area contributed by atoms with Crippen LogP contribution >= 0.6 is 11.6 Å². The van der Waals surface area contributed by atoms with Crippen molar-refractivity contribution in [3.8, 4) is 5.69 Å². The highest BCUT2D eigenvalue weighted by Gasteiger charge is 2.15. The first kappa shape index (κ1) is 13.5. The summed E-state index contributed by atoms with van der Waals surface area (Å²) in [6, 6.07) is 4.51. The zero-order chi connectivity index (χ0) is 14.2. The largest absolute Gasteiger partial charge is 0.478 e. The van der Waals surface area contributed by atoms with E-state index in [9.17, 15) is 4.79 Å². The van der Waals surface area contributed by atoms with Crippen molar-refractivity contribution in [2.45, 2.75) is 26.7 Å². The number of aryl methyl sites for hydroxylation is 1. The number of aromatic carboxylic acids is 1. The predicted molar refractivity (Wildman–Crippen MR) is 72.2 cm³/mol. The van der Waals surface area contributed by atoms with Crippen LogP contribution in [0.15, 0.2) is 18.2 Å². The second kappa shape index (κ2) is 5.01. The van der Waals surface area contributed by atoms with Gasteiger partial charge in [0.15, 0.2) is 5.82 Å². The molecule has 0 aliphatic heterocycles. The van der Waals surface area contributed by atoms with E-state index in [4.69, 9.17) is 16.7 Å². The zero-order valence-corrected chi connectivity index (χ0v) is 11.6. The zero-order valence-electron chi connectivity index (χ0n) is 10.9. The topological polar surface area (TPSA) is 68.0 Å². The van der Waals surface area contributed by atoms with E-state index < -0.39 is 5.97 Å². The Bertz CT molecular complexity index is 635. The molecular formula is C13H14ClN3O2. The van der Waals surface area contributed by atoms with E-state index in [2.05, 4.69) is 10.1 Å². The van der Waals surface area contributed by atoms with Gasteiger partial charge in [0.1, 0.15) is 5.82 Å². The SMILES string of the molecule is Cc1nc(C(C)C)nn1-c1cc(C(=O)O)ccc1Cl. The lowest BCUT2D eigenvalue weighted by Crippen LogP contribution is -2.04. The quantitative estimate of drug-likeness (QED) is 0.937. The summed E-state index contributed by atoms with van der Waals surface area (Å²) in [6.07, 6.45) is 0. The summed E-state index contributed by atoms with van der Waals surface area (Å²) >= 11 is 6.11. The summed E-state index contributed by atoms with van der Waals surface area (Å²) in [4.78, 5) is 15.4. The third kappa shape index (κ3) is 2.61. The van der Waals surface area contributed by atoms with E-state index in [1.165, 1.54) is 12.1 Å². The summed E-state index contributed by atoms with van der Waals surface area (Å²) < 4.78 is 1.57. The number of carbonyl (C=O) groups is 1. The van der Waals surface area contributed by atoms with Gasteiger partial charge in [0.25, 0.3) is 0 Å². The summed E-state index contributed by atoms with van der Waals surface area (Å²) in [6.45, 7) is 5.80. The molecule has 0 aliphatic carbocycles. The molecule has 1 aromatic carbocycles. The van der Waals surface area contributed by atoms with E-state index in [0.717, 1.165) is 0 Å². The Kier molecular flexibility index (Phi) is 3.57. The highest BCUT2D eigenvalue weighted by molar-refractivity contribution is 6.32. The fraction of sp³-hybridized carbons (Fsp3) is 0.308. The molecule has 0 saturated heterocycles. The van der Waals surface area contributed by atoms with Crippen LogP contribution in [0, 0.1) is 6.92 Å². The molecule has 0 spiro atoms. The van der Waals surface area contributed by atoms with E-state index in [0.29, 0.717) is 22.4 Å². The van der Waals surface area contributed by atoms with Crippen molar-refractivity contribution >= 4 is 17.6 Å². The summed E-state index contributed by atoms with van der Waals surface area (Å²) in [5, 5.41) is 13.8. The number of rotatable bonds is 3. The number of hydrogen-bond acceptors (Lipinski definition) is 3. The number of carboxylic acids is 1. The lowest BCUT2D eigenvalue weighted by molar-refractivity contribution is 0.0697. The summed E-state index contributed by atoms with van der Waals surface area (Å²) in [5.41, 5.74) is 0.693. The minimum atomic E-state index is -1.00. The molecule has 19 heavy (non-hydrogen) atoms. The van der Waals surface area contributed by atoms with Crippen LogP contribution in [0.25, 0.3) is 5.69 Å². The third-order valence-electron chi connectivity index (χ3n) is 2.72. The van der Waals surface area contributed by atoms with Crippen molar-refractivity contribution in [1.29, 1.82) is 0 Å². The van der Waals surface area contributed by atoms with Crippen molar-refractivity contribution in [2.75, 3.05) is 0 Å². The summed E-state index contributed by atoms with van der Waals surface area (Å²) in [7, 11) is 0. The molecule has 2 aromatic rings. The maximum atomic E-state index is 11.0. The number of carboxylic acid groups (broad SMARTS) is 1. The van der Waals surface area contributed by atoms with E-state index in [1.54, 1.807) is 10.7 Å². The van der Waals surface area contributed by atoms with Crippen molar-refractivity contribution in [2.24, 2.45) is 0 Å². The second-order valence-corrected chi connectivity index (χ2v) is 4.96. The van der Waals surface area contributed by atoms with Crippen molar-refractivity contribution in [3.63, 3.8) is 0 Å². The van der Waals surface area contributed by atoms with Crippen LogP contribution in [-0.2, 0) is 0 Å². The van der Waals surface area contributed by atoms with Gasteiger partial charge < -0.3 is 5.11 Å². The molecular weight excluding hydrogens is 266 g/mol. The van der Waals surface area contributed by atoms with E-state index in [-0.39, 0.29) is 11.5 Å². The molecule has 1 N–H and O–H groups in total. The molecule has 0 amide bonds. The molecule has 0 saturated carbocycles. The molecule has 0 radical (unpaired) electrons. The molecule has 5 nitrogen and oxygen atoms in total. The fourth-order valence-electron chi connectivity index (χ4n) is 1.69. The first-order valence-corrected chi connectivity index (χ1v) is 6.24. The third-order valence-corrected chi connectivity index (χ3v) is 3.04. The Hall–Kier alpha value is -1.88. The minimum absolute atomic E-state index is 0.167. The molecule has 1 aromatic heterocycles. The standard InChI is InChI=1S/C13H14ClN3O2/c1-7(2)12-15-8(3)17(16-12)11-6-9(13(18)19)4-5-10(11)14/h4-7H,1-3H3,(H,18,19). The minimum Gasteiger partial charge on any atom is -0.478 e. The van der Waals surface area contributed by atoms with Crippen molar-refractivity contribution < 1.29 is 9.90 Å². The number of halogens is 1. The Labute approximate surface area is 115 Å². The molecule has 100 valence electrons. The molecule has 0 bridgehead atoms. The van der Waals surface area contributed by atoms with Gasteiger partial charge in [-0.15, -0.1) is 0 Å². The van der Waals surface area contributed by atoms with Crippen LogP contribution in [0.1, 0.15) is 41.8 Å². The van der Waals surface area contributed by atoms with Gasteiger partial charge in [0.05, 0.1) is 16.3 Å². The van der Waals surface area contributed by atoms with E-state index >= 15 is 0 Å². The van der Waals surface area contributed by atoms with Crippen LogP contribution in [-0.4, -0.2) is 25.8 Å². The Morgan fingerprint density at radius 2 is 2.11 bits per heavy atom. The highest BCUT2D eigenvalue weighted by Crippen LogP contribution is 2.23. The molecule has 0 atom stereocenters. The van der Waals surface area contributed by atoms with Gasteiger partial charge in [-0.3, -0.25) is 0 Å². The van der Waals surface area contributed by atoms with Gasteiger partial charge in [-0.1, -0.05) is 25.4 Å². The first-order chi connectivity index (χ1) is 8.90. The Morgan fingerprint density at radius 3 is 2.63 bits per heavy atom. The lowest BCUT2D eigenvalue weighted by Gasteiger charge is -2.06. The van der Waals surface area contributed by atoms with Gasteiger partial charge in [-0.05, 0) is 25.1 Å². The Morgan fingerprint density at radius 1 is 1.42 bits per heavy atom. The maximum absolute atomic E-state index is 11.0. The van der Waals surface area contributed by atoms with Crippen LogP contribution in [0.4, 0.5) is 0 Å². The maximum Gasteiger partial charge on any atom is 0.335 e. The van der Waals surface area contributed by atoms with Crippen molar-refractivity contribution in [3.05, 3.63) is 40.4 Å². The molecule has 1 heterocycles. The van der Waals surface area contributed by atoms with Gasteiger partial charge in [0.2, 0.25) is 0 Å². The number of hydrogen-bond donors (Lipinski definition) is 1. The molecule has 0 aliphatic rings. The van der Waals surface area contributed by atoms with Crippen LogP contribution in [0.2, 0.25) is 5.02 Å². The number of benzene rings is 1. The van der Waals surface area contributed by atoms with Crippen LogP contribution in [0.3, 0.4) is 0 Å². The van der Waals surface area contributed by atoms with Crippen molar-refractivity contribution in [1.82, 2.24) is 14.8 Å². The molecule has 2 rings (SSSR count). The van der Waals surface area contributed by atoms with E-state index in [1.807, 2.05) is 20.8 Å². The molecule has 6 heteroatoms. The second-order valence-electron chi connectivity index (χ2n) is 4.56. The van der Waals surface area contributed by atoms with Crippen LogP contribution < -0.4 is 0 Å². The van der Waals surface area contributed by atoms with Gasteiger partial charge >= 0.3 is 5.97 Å².